The SMILES string of the molecule is CC1=C(C(=O)c2ccccc2)C(c2ccccc2OCc2ccccc2C)NC(=S)N1. The highest BCUT2D eigenvalue weighted by molar-refractivity contribution is 7.80. The average Bonchev–Trinajstić information content (AvgIpc) is 2.78. The fourth-order valence-corrected chi connectivity index (χ4v) is 4.02. The van der Waals surface area contributed by atoms with Gasteiger partial charge in [-0.2, -0.15) is 0 Å². The van der Waals surface area contributed by atoms with Crippen molar-refractivity contribution in [3.05, 3.63) is 112 Å². The van der Waals surface area contributed by atoms with Crippen LogP contribution < -0.4 is 15.4 Å². The van der Waals surface area contributed by atoms with Gasteiger partial charge in [-0.3, -0.25) is 4.79 Å². The zero-order valence-corrected chi connectivity index (χ0v) is 18.3. The molecule has 1 aliphatic heterocycles. The number of hydrogen-bond acceptors (Lipinski definition) is 3. The van der Waals surface area contributed by atoms with Crippen molar-refractivity contribution in [3.63, 3.8) is 0 Å². The van der Waals surface area contributed by atoms with Crippen molar-refractivity contribution in [2.24, 2.45) is 0 Å². The van der Waals surface area contributed by atoms with Crippen LogP contribution in [0, 0.1) is 6.92 Å². The van der Waals surface area contributed by atoms with E-state index in [-0.39, 0.29) is 5.78 Å². The van der Waals surface area contributed by atoms with Crippen molar-refractivity contribution in [3.8, 4) is 5.75 Å². The molecule has 0 saturated carbocycles. The molecule has 2 N–H and O–H groups in total. The average molecular weight is 429 g/mol. The summed E-state index contributed by atoms with van der Waals surface area (Å²) in [6.07, 6.45) is 0. The largest absolute Gasteiger partial charge is 0.489 e. The molecule has 0 saturated heterocycles. The minimum absolute atomic E-state index is 0.0423. The number of Topliss-reactive ketones (excluding diaryl/α,β-unsaturated/α-hetero) is 1. The quantitative estimate of drug-likeness (QED) is 0.415. The lowest BCUT2D eigenvalue weighted by Gasteiger charge is -2.31. The Labute approximate surface area is 188 Å². The van der Waals surface area contributed by atoms with Crippen molar-refractivity contribution in [1.29, 1.82) is 0 Å². The topological polar surface area (TPSA) is 50.4 Å². The maximum atomic E-state index is 13.4. The molecule has 3 aromatic carbocycles. The van der Waals surface area contributed by atoms with Crippen LogP contribution in [-0.4, -0.2) is 10.9 Å². The fraction of sp³-hybridized carbons (Fsp3) is 0.154. The maximum absolute atomic E-state index is 13.4. The van der Waals surface area contributed by atoms with Gasteiger partial charge in [-0.15, -0.1) is 0 Å². The third kappa shape index (κ3) is 4.52. The van der Waals surface area contributed by atoms with Crippen LogP contribution in [0.4, 0.5) is 0 Å². The third-order valence-electron chi connectivity index (χ3n) is 5.42. The molecule has 3 aromatic rings. The van der Waals surface area contributed by atoms with E-state index in [0.717, 1.165) is 22.6 Å². The second-order valence-corrected chi connectivity index (χ2v) is 7.93. The van der Waals surface area contributed by atoms with Crippen molar-refractivity contribution in [2.75, 3.05) is 0 Å². The highest BCUT2D eigenvalue weighted by Crippen LogP contribution is 2.35. The van der Waals surface area contributed by atoms with Crippen molar-refractivity contribution in [1.82, 2.24) is 10.6 Å². The molecule has 0 bridgehead atoms. The highest BCUT2D eigenvalue weighted by Gasteiger charge is 2.32. The number of carbonyl (C=O) groups is 1. The van der Waals surface area contributed by atoms with Crippen molar-refractivity contribution < 1.29 is 9.53 Å². The summed E-state index contributed by atoms with van der Waals surface area (Å²) in [6.45, 7) is 4.40. The molecule has 0 spiro atoms. The summed E-state index contributed by atoms with van der Waals surface area (Å²) in [5, 5.41) is 6.87. The summed E-state index contributed by atoms with van der Waals surface area (Å²) in [7, 11) is 0. The molecule has 4 nitrogen and oxygen atoms in total. The lowest BCUT2D eigenvalue weighted by molar-refractivity contribution is 0.102. The lowest BCUT2D eigenvalue weighted by atomic mass is 9.89. The van der Waals surface area contributed by atoms with Crippen molar-refractivity contribution in [2.45, 2.75) is 26.5 Å². The summed E-state index contributed by atoms with van der Waals surface area (Å²) in [6, 6.07) is 24.8. The fourth-order valence-electron chi connectivity index (χ4n) is 3.75. The number of allylic oxidation sites excluding steroid dienone is 1. The molecule has 31 heavy (non-hydrogen) atoms. The van der Waals surface area contributed by atoms with E-state index in [1.54, 1.807) is 0 Å². The Kier molecular flexibility index (Phi) is 6.14. The van der Waals surface area contributed by atoms with Gasteiger partial charge in [-0.25, -0.2) is 0 Å². The monoisotopic (exact) mass is 428 g/mol. The third-order valence-corrected chi connectivity index (χ3v) is 5.64. The predicted molar refractivity (Wildman–Crippen MR) is 127 cm³/mol. The molecule has 1 heterocycles. The molecule has 0 fully saturated rings. The summed E-state index contributed by atoms with van der Waals surface area (Å²) in [5.74, 6) is 0.679. The molecule has 0 aliphatic carbocycles. The van der Waals surface area contributed by atoms with Gasteiger partial charge in [0.05, 0.1) is 6.04 Å². The molecular weight excluding hydrogens is 404 g/mol. The number of para-hydroxylation sites is 1. The molecule has 1 atom stereocenters. The summed E-state index contributed by atoms with van der Waals surface area (Å²) >= 11 is 5.41. The second kappa shape index (κ2) is 9.14. The molecule has 0 radical (unpaired) electrons. The number of hydrogen-bond donors (Lipinski definition) is 2. The van der Waals surface area contributed by atoms with E-state index in [1.165, 1.54) is 5.56 Å². The number of ether oxygens (including phenoxy) is 1. The number of thiocarbonyl (C=S) groups is 1. The first kappa shape index (κ1) is 20.8. The first-order valence-corrected chi connectivity index (χ1v) is 10.6. The molecule has 156 valence electrons. The molecule has 4 rings (SSSR count). The minimum atomic E-state index is -0.408. The van der Waals surface area contributed by atoms with Crippen LogP contribution in [0.1, 0.15) is 40.0 Å². The normalized spacial score (nSPS) is 15.8. The van der Waals surface area contributed by atoms with Gasteiger partial charge in [-0.1, -0.05) is 72.8 Å². The van der Waals surface area contributed by atoms with E-state index in [9.17, 15) is 4.79 Å². The Morgan fingerprint density at radius 2 is 1.61 bits per heavy atom. The molecule has 5 heteroatoms. The Morgan fingerprint density at radius 1 is 0.935 bits per heavy atom. The van der Waals surface area contributed by atoms with Crippen LogP contribution >= 0.6 is 12.2 Å². The number of rotatable bonds is 6. The summed E-state index contributed by atoms with van der Waals surface area (Å²) < 4.78 is 6.22. The molecule has 1 aliphatic rings. The molecular formula is C26H24N2O2S. The first-order valence-electron chi connectivity index (χ1n) is 10.2. The number of ketones is 1. The lowest BCUT2D eigenvalue weighted by Crippen LogP contribution is -2.45. The van der Waals surface area contributed by atoms with Crippen LogP contribution in [-0.2, 0) is 6.61 Å². The zero-order valence-electron chi connectivity index (χ0n) is 17.5. The summed E-state index contributed by atoms with van der Waals surface area (Å²) in [4.78, 5) is 13.4. The van der Waals surface area contributed by atoms with Gasteiger partial charge < -0.3 is 15.4 Å². The molecule has 1 unspecified atom stereocenters. The highest BCUT2D eigenvalue weighted by atomic mass is 32.1. The van der Waals surface area contributed by atoms with E-state index < -0.39 is 6.04 Å². The number of carbonyl (C=O) groups excluding carboxylic acids is 1. The van der Waals surface area contributed by atoms with Crippen molar-refractivity contribution >= 4 is 23.1 Å². The van der Waals surface area contributed by atoms with Gasteiger partial charge in [0, 0.05) is 22.4 Å². The van der Waals surface area contributed by atoms with E-state index in [0.29, 0.717) is 22.9 Å². The van der Waals surface area contributed by atoms with Gasteiger partial charge in [0.25, 0.3) is 0 Å². The first-order chi connectivity index (χ1) is 15.0. The number of aryl methyl sites for hydroxylation is 1. The van der Waals surface area contributed by atoms with Crippen LogP contribution in [0.5, 0.6) is 5.75 Å². The molecule has 0 amide bonds. The zero-order chi connectivity index (χ0) is 21.8. The Morgan fingerprint density at radius 3 is 2.39 bits per heavy atom. The van der Waals surface area contributed by atoms with E-state index >= 15 is 0 Å². The van der Waals surface area contributed by atoms with Crippen LogP contribution in [0.3, 0.4) is 0 Å². The number of nitrogens with one attached hydrogen (secondary N) is 2. The van der Waals surface area contributed by atoms with Gasteiger partial charge >= 0.3 is 0 Å². The Hall–Kier alpha value is -3.44. The number of benzene rings is 3. The van der Waals surface area contributed by atoms with Gasteiger partial charge in [0.2, 0.25) is 0 Å². The second-order valence-electron chi connectivity index (χ2n) is 7.52. The van der Waals surface area contributed by atoms with E-state index in [4.69, 9.17) is 17.0 Å². The minimum Gasteiger partial charge on any atom is -0.489 e. The predicted octanol–water partition coefficient (Wildman–Crippen LogP) is 5.25. The maximum Gasteiger partial charge on any atom is 0.193 e. The van der Waals surface area contributed by atoms with Crippen LogP contribution in [0.15, 0.2) is 90.1 Å². The Bertz CT molecular complexity index is 1150. The standard InChI is InChI=1S/C26H24N2O2S/c1-17-10-6-7-13-20(17)16-30-22-15-9-8-14-21(22)24-23(18(2)27-26(31)28-24)25(29)19-11-4-3-5-12-19/h3-15,24H,16H2,1-2H3,(H2,27,28,31). The van der Waals surface area contributed by atoms with Crippen LogP contribution in [0.25, 0.3) is 0 Å². The van der Waals surface area contributed by atoms with E-state index in [2.05, 4.69) is 29.7 Å². The smallest absolute Gasteiger partial charge is 0.193 e. The van der Waals surface area contributed by atoms with Gasteiger partial charge in [0.15, 0.2) is 10.9 Å². The summed E-state index contributed by atoms with van der Waals surface area (Å²) in [5.41, 5.74) is 5.19. The Balaban J connectivity index is 1.70. The van der Waals surface area contributed by atoms with Gasteiger partial charge in [-0.05, 0) is 43.3 Å². The van der Waals surface area contributed by atoms with E-state index in [1.807, 2.05) is 73.7 Å². The molecule has 0 aromatic heterocycles. The van der Waals surface area contributed by atoms with Gasteiger partial charge in [0.1, 0.15) is 12.4 Å². The van der Waals surface area contributed by atoms with Crippen LogP contribution in [0.2, 0.25) is 0 Å².